The van der Waals surface area contributed by atoms with Crippen molar-refractivity contribution in [2.24, 2.45) is 0 Å². The third-order valence-corrected chi connectivity index (χ3v) is 7.68. The van der Waals surface area contributed by atoms with Gasteiger partial charge in [0.25, 0.3) is 5.91 Å². The molecule has 40 heavy (non-hydrogen) atoms. The lowest BCUT2D eigenvalue weighted by molar-refractivity contribution is -0.125. The lowest BCUT2D eigenvalue weighted by Crippen LogP contribution is -2.43. The monoisotopic (exact) mass is 575 g/mol. The van der Waals surface area contributed by atoms with E-state index in [1.807, 2.05) is 69.3 Å². The molecule has 1 aliphatic heterocycles. The van der Waals surface area contributed by atoms with Crippen molar-refractivity contribution in [3.63, 3.8) is 0 Å². The second-order valence-corrected chi connectivity index (χ2v) is 11.7. The fourth-order valence-electron chi connectivity index (χ4n) is 4.77. The maximum Gasteiger partial charge on any atom is 0.410 e. The molecule has 0 radical (unpaired) electrons. The smallest absolute Gasteiger partial charge is 0.410 e. The van der Waals surface area contributed by atoms with Crippen LogP contribution in [0.2, 0.25) is 10.0 Å². The van der Waals surface area contributed by atoms with E-state index in [-0.39, 0.29) is 19.0 Å². The predicted molar refractivity (Wildman–Crippen MR) is 159 cm³/mol. The number of nitrogens with zero attached hydrogens (tertiary/aromatic N) is 3. The van der Waals surface area contributed by atoms with Crippen LogP contribution in [0.3, 0.4) is 0 Å². The number of hydrogen-bond acceptors (Lipinski definition) is 4. The molecule has 0 unspecified atom stereocenters. The molecular formula is C32H31Cl2N3O3. The molecule has 0 saturated carbocycles. The summed E-state index contributed by atoms with van der Waals surface area (Å²) in [7, 11) is 0. The maximum absolute atomic E-state index is 14.3. The van der Waals surface area contributed by atoms with Crippen LogP contribution < -0.4 is 0 Å². The molecule has 6 nitrogen and oxygen atoms in total. The average molecular weight is 577 g/mol. The van der Waals surface area contributed by atoms with Gasteiger partial charge in [-0.1, -0.05) is 59.6 Å². The Morgan fingerprint density at radius 2 is 1.70 bits per heavy atom. The zero-order chi connectivity index (χ0) is 28.4. The second kappa shape index (κ2) is 11.5. The van der Waals surface area contributed by atoms with E-state index >= 15 is 0 Å². The van der Waals surface area contributed by atoms with Crippen LogP contribution in [0.25, 0.3) is 16.7 Å². The van der Waals surface area contributed by atoms with Gasteiger partial charge in [0, 0.05) is 36.6 Å². The number of allylic oxidation sites excluding steroid dienone is 2. The Hall–Kier alpha value is -3.61. The van der Waals surface area contributed by atoms with E-state index in [1.54, 1.807) is 28.3 Å². The fourth-order valence-corrected chi connectivity index (χ4v) is 5.14. The van der Waals surface area contributed by atoms with E-state index in [4.69, 9.17) is 27.9 Å². The van der Waals surface area contributed by atoms with E-state index < -0.39 is 11.7 Å². The van der Waals surface area contributed by atoms with Crippen LogP contribution in [0.15, 0.2) is 84.3 Å². The van der Waals surface area contributed by atoms with E-state index in [2.05, 4.69) is 11.1 Å². The minimum absolute atomic E-state index is 0.148. The number of hydrogen-bond donors (Lipinski definition) is 0. The molecule has 5 rings (SSSR count). The van der Waals surface area contributed by atoms with Gasteiger partial charge in [0.15, 0.2) is 0 Å². The zero-order valence-corrected chi connectivity index (χ0v) is 24.3. The van der Waals surface area contributed by atoms with Crippen LogP contribution in [0, 0.1) is 0 Å². The van der Waals surface area contributed by atoms with Crippen molar-refractivity contribution in [3.8, 4) is 11.1 Å². The summed E-state index contributed by atoms with van der Waals surface area (Å²) in [4.78, 5) is 34.9. The molecular weight excluding hydrogens is 545 g/mol. The number of benzene rings is 2. The summed E-state index contributed by atoms with van der Waals surface area (Å²) >= 11 is 12.8. The molecule has 206 valence electrons. The van der Waals surface area contributed by atoms with Gasteiger partial charge in [-0.15, -0.1) is 0 Å². The van der Waals surface area contributed by atoms with Gasteiger partial charge in [-0.05, 0) is 79.3 Å². The summed E-state index contributed by atoms with van der Waals surface area (Å²) in [6.45, 7) is 6.39. The Morgan fingerprint density at radius 1 is 1.00 bits per heavy atom. The van der Waals surface area contributed by atoms with Gasteiger partial charge in [-0.2, -0.15) is 0 Å². The molecule has 2 aliphatic rings. The minimum Gasteiger partial charge on any atom is -0.444 e. The van der Waals surface area contributed by atoms with Gasteiger partial charge in [0.1, 0.15) is 5.60 Å². The average Bonchev–Trinajstić information content (AvgIpc) is 3.78. The van der Waals surface area contributed by atoms with Crippen LogP contribution in [0.1, 0.15) is 44.7 Å². The Labute approximate surface area is 244 Å². The molecule has 0 saturated heterocycles. The summed E-state index contributed by atoms with van der Waals surface area (Å²) < 4.78 is 5.66. The quantitative estimate of drug-likeness (QED) is 0.301. The van der Waals surface area contributed by atoms with Gasteiger partial charge < -0.3 is 14.5 Å². The molecule has 3 aromatic rings. The van der Waals surface area contributed by atoms with Crippen molar-refractivity contribution in [2.45, 2.75) is 45.8 Å². The van der Waals surface area contributed by atoms with Crippen molar-refractivity contribution in [3.05, 3.63) is 106 Å². The van der Waals surface area contributed by atoms with Gasteiger partial charge >= 0.3 is 6.09 Å². The second-order valence-electron chi connectivity index (χ2n) is 10.9. The first kappa shape index (κ1) is 27.9. The number of pyridine rings is 1. The van der Waals surface area contributed by atoms with E-state index in [9.17, 15) is 9.59 Å². The predicted octanol–water partition coefficient (Wildman–Crippen LogP) is 7.77. The number of halogens is 2. The van der Waals surface area contributed by atoms with Crippen molar-refractivity contribution in [1.29, 1.82) is 0 Å². The van der Waals surface area contributed by atoms with Gasteiger partial charge in [-0.25, -0.2) is 4.79 Å². The highest BCUT2D eigenvalue weighted by Gasteiger charge is 2.34. The highest BCUT2D eigenvalue weighted by atomic mass is 35.5. The molecule has 2 aromatic carbocycles. The number of ether oxygens (including phenoxy) is 1. The number of carbonyl (C=O) groups excluding carboxylic acids is 2. The topological polar surface area (TPSA) is 62.7 Å². The molecule has 0 N–H and O–H groups in total. The van der Waals surface area contributed by atoms with Crippen LogP contribution in [0.4, 0.5) is 4.79 Å². The lowest BCUT2D eigenvalue weighted by Gasteiger charge is -2.34. The maximum atomic E-state index is 14.3. The number of rotatable bonds is 6. The van der Waals surface area contributed by atoms with Gasteiger partial charge in [-0.3, -0.25) is 9.78 Å². The van der Waals surface area contributed by atoms with E-state index in [0.29, 0.717) is 28.6 Å². The molecule has 1 aromatic heterocycles. The van der Waals surface area contributed by atoms with Gasteiger partial charge in [0.2, 0.25) is 0 Å². The van der Waals surface area contributed by atoms with E-state index in [0.717, 1.165) is 39.9 Å². The van der Waals surface area contributed by atoms with Crippen molar-refractivity contribution >= 4 is 40.8 Å². The standard InChI is InChI=1S/C32H31Cl2N3O3/c1-32(2,3)40-31(39)36-17-14-26(23-7-4-6-22(18-23)21-12-15-35-16-13-21)27(20-36)30(38)37(25-10-11-25)19-24-8-5-9-28(33)29(24)34/h4-10,12-13,15-16,18H,11,14,17,19-20H2,1-3H3. The lowest BCUT2D eigenvalue weighted by atomic mass is 9.90. The molecule has 0 spiro atoms. The zero-order valence-electron chi connectivity index (χ0n) is 22.8. The molecule has 0 bridgehead atoms. The molecule has 1 aliphatic carbocycles. The first-order valence-electron chi connectivity index (χ1n) is 13.3. The normalized spacial score (nSPS) is 15.0. The van der Waals surface area contributed by atoms with Gasteiger partial charge in [0.05, 0.1) is 23.1 Å². The molecule has 0 atom stereocenters. The summed E-state index contributed by atoms with van der Waals surface area (Å²) in [5, 5.41) is 0.874. The third-order valence-electron chi connectivity index (χ3n) is 6.82. The Bertz CT molecular complexity index is 1510. The van der Waals surface area contributed by atoms with Crippen LogP contribution >= 0.6 is 23.2 Å². The molecule has 2 heterocycles. The molecule has 8 heteroatoms. The first-order valence-corrected chi connectivity index (χ1v) is 14.0. The van der Waals surface area contributed by atoms with Crippen molar-refractivity contribution < 1.29 is 14.3 Å². The largest absolute Gasteiger partial charge is 0.444 e. The van der Waals surface area contributed by atoms with Crippen LogP contribution in [-0.4, -0.2) is 45.5 Å². The highest BCUT2D eigenvalue weighted by Crippen LogP contribution is 2.36. The first-order chi connectivity index (χ1) is 19.1. The molecule has 2 amide bonds. The summed E-state index contributed by atoms with van der Waals surface area (Å²) in [5.74, 6) is -0.155. The Morgan fingerprint density at radius 3 is 2.40 bits per heavy atom. The van der Waals surface area contributed by atoms with Crippen LogP contribution in [0.5, 0.6) is 0 Å². The summed E-state index contributed by atoms with van der Waals surface area (Å²) in [6.07, 6.45) is 6.34. The van der Waals surface area contributed by atoms with Crippen LogP contribution in [-0.2, 0) is 16.1 Å². The minimum atomic E-state index is -0.641. The molecule has 0 fully saturated rings. The number of carbonyl (C=O) groups is 2. The van der Waals surface area contributed by atoms with E-state index in [1.165, 1.54) is 0 Å². The Balaban J connectivity index is 1.54. The fraction of sp³-hybridized carbons (Fsp3) is 0.281. The Kier molecular flexibility index (Phi) is 8.02. The summed E-state index contributed by atoms with van der Waals surface area (Å²) in [5.41, 5.74) is 5.55. The number of amides is 2. The highest BCUT2D eigenvalue weighted by molar-refractivity contribution is 6.42. The SMILES string of the molecule is CC(C)(C)OC(=O)N1CCC(c2cccc(-c3ccncc3)c2)=C(C(=O)N(Cc2cccc(Cl)c2Cl)C2=CC2)C1. The van der Waals surface area contributed by atoms with Crippen molar-refractivity contribution in [2.75, 3.05) is 13.1 Å². The summed E-state index contributed by atoms with van der Waals surface area (Å²) in [6, 6.07) is 17.5. The third kappa shape index (κ3) is 6.40. The van der Waals surface area contributed by atoms with Crippen molar-refractivity contribution in [1.82, 2.24) is 14.8 Å². The number of aromatic nitrogens is 1.